The Morgan fingerprint density at radius 3 is 2.55 bits per heavy atom. The number of aromatic nitrogens is 3. The number of carbonyl (C=O) groups excluding carboxylic acids is 1. The second kappa shape index (κ2) is 8.48. The highest BCUT2D eigenvalue weighted by atomic mass is 32.1. The Bertz CT molecular complexity index is 1390. The van der Waals surface area contributed by atoms with Crippen molar-refractivity contribution in [2.45, 2.75) is 40.2 Å². The van der Waals surface area contributed by atoms with Gasteiger partial charge in [-0.2, -0.15) is 4.68 Å². The largest absolute Gasteiger partial charge is 0.333 e. The number of hydrogen-bond acceptors (Lipinski definition) is 4. The minimum atomic E-state index is -0.118. The number of amides is 1. The van der Waals surface area contributed by atoms with Gasteiger partial charge in [-0.25, -0.2) is 4.98 Å². The van der Waals surface area contributed by atoms with Crippen LogP contribution in [0, 0.1) is 20.8 Å². The number of nitrogens with zero attached hydrogens (tertiary/aromatic N) is 3. The predicted molar refractivity (Wildman–Crippen MR) is 130 cm³/mol. The fourth-order valence-electron chi connectivity index (χ4n) is 4.32. The van der Waals surface area contributed by atoms with Gasteiger partial charge in [0.25, 0.3) is 11.5 Å². The van der Waals surface area contributed by atoms with E-state index >= 15 is 0 Å². The van der Waals surface area contributed by atoms with Crippen LogP contribution in [0.1, 0.15) is 48.9 Å². The molecule has 1 aliphatic heterocycles. The Kier molecular flexibility index (Phi) is 5.50. The van der Waals surface area contributed by atoms with E-state index in [9.17, 15) is 9.59 Å². The molecule has 0 bridgehead atoms. The van der Waals surface area contributed by atoms with E-state index in [1.807, 2.05) is 49.9 Å². The third-order valence-corrected chi connectivity index (χ3v) is 7.41. The Hall–Kier alpha value is -3.45. The second-order valence-corrected chi connectivity index (χ2v) is 9.65. The fourth-order valence-corrected chi connectivity index (χ4v) is 5.32. The first-order valence-corrected chi connectivity index (χ1v) is 11.9. The summed E-state index contributed by atoms with van der Waals surface area (Å²) in [5.41, 5.74) is 6.83. The van der Waals surface area contributed by atoms with Crippen LogP contribution in [0.3, 0.4) is 0 Å². The van der Waals surface area contributed by atoms with Crippen LogP contribution in [-0.2, 0) is 19.4 Å². The molecule has 3 heterocycles. The molecule has 0 unspecified atom stereocenters. The van der Waals surface area contributed by atoms with Gasteiger partial charge in [0.15, 0.2) is 0 Å². The SMILES string of the molecule is Cc1ccc(Cc2c(C)[nH]n(-c3nc(C)c(C(=O)N4CCc5ccccc5C4)s3)c2=O)cc1. The van der Waals surface area contributed by atoms with Crippen molar-refractivity contribution in [3.63, 3.8) is 0 Å². The van der Waals surface area contributed by atoms with Crippen LogP contribution in [0.15, 0.2) is 53.3 Å². The van der Waals surface area contributed by atoms with Gasteiger partial charge in [-0.15, -0.1) is 0 Å². The molecule has 0 radical (unpaired) electrons. The van der Waals surface area contributed by atoms with E-state index in [0.717, 1.165) is 17.7 Å². The molecule has 7 heteroatoms. The van der Waals surface area contributed by atoms with Gasteiger partial charge in [-0.3, -0.25) is 14.7 Å². The molecular weight excluding hydrogens is 432 g/mol. The van der Waals surface area contributed by atoms with Crippen LogP contribution in [0.2, 0.25) is 0 Å². The van der Waals surface area contributed by atoms with Crippen molar-refractivity contribution in [2.75, 3.05) is 6.54 Å². The Labute approximate surface area is 196 Å². The van der Waals surface area contributed by atoms with Crippen LogP contribution in [0.5, 0.6) is 0 Å². The molecule has 6 nitrogen and oxygen atoms in total. The third-order valence-electron chi connectivity index (χ3n) is 6.28. The molecule has 0 spiro atoms. The van der Waals surface area contributed by atoms with Crippen LogP contribution in [0.25, 0.3) is 5.13 Å². The molecule has 2 aromatic carbocycles. The molecule has 0 saturated carbocycles. The molecule has 2 aromatic heterocycles. The minimum Gasteiger partial charge on any atom is -0.333 e. The number of benzene rings is 2. The first-order chi connectivity index (χ1) is 15.9. The number of rotatable bonds is 4. The van der Waals surface area contributed by atoms with Gasteiger partial charge >= 0.3 is 0 Å². The monoisotopic (exact) mass is 458 g/mol. The van der Waals surface area contributed by atoms with Crippen LogP contribution >= 0.6 is 11.3 Å². The smallest absolute Gasteiger partial charge is 0.277 e. The first-order valence-electron chi connectivity index (χ1n) is 11.1. The molecule has 0 aliphatic carbocycles. The zero-order valence-corrected chi connectivity index (χ0v) is 19.8. The molecule has 1 N–H and O–H groups in total. The number of H-pyrrole nitrogens is 1. The van der Waals surface area contributed by atoms with E-state index in [0.29, 0.717) is 40.8 Å². The summed E-state index contributed by atoms with van der Waals surface area (Å²) in [6.45, 7) is 7.07. The Balaban J connectivity index is 1.41. The summed E-state index contributed by atoms with van der Waals surface area (Å²) in [6, 6.07) is 16.5. The average molecular weight is 459 g/mol. The second-order valence-electron chi connectivity index (χ2n) is 8.67. The van der Waals surface area contributed by atoms with Crippen molar-refractivity contribution < 1.29 is 4.79 Å². The summed E-state index contributed by atoms with van der Waals surface area (Å²) in [5, 5.41) is 3.66. The standard InChI is InChI=1S/C26H26N4O2S/c1-16-8-10-19(11-9-16)14-22-17(2)28-30(24(22)31)26-27-18(3)23(33-26)25(32)29-13-12-20-6-4-5-7-21(20)15-29/h4-11,28H,12-15H2,1-3H3. The molecule has 4 aromatic rings. The number of thiazole rings is 1. The predicted octanol–water partition coefficient (Wildman–Crippen LogP) is 4.34. The van der Waals surface area contributed by atoms with Crippen molar-refractivity contribution in [1.82, 2.24) is 19.7 Å². The topological polar surface area (TPSA) is 71.0 Å². The van der Waals surface area contributed by atoms with E-state index in [1.165, 1.54) is 32.7 Å². The fraction of sp³-hybridized carbons (Fsp3) is 0.269. The van der Waals surface area contributed by atoms with E-state index in [2.05, 4.69) is 34.3 Å². The van der Waals surface area contributed by atoms with Crippen molar-refractivity contribution >= 4 is 17.2 Å². The average Bonchev–Trinajstić information content (AvgIpc) is 3.34. The highest BCUT2D eigenvalue weighted by Gasteiger charge is 2.26. The lowest BCUT2D eigenvalue weighted by Gasteiger charge is -2.28. The molecule has 1 amide bonds. The molecule has 33 heavy (non-hydrogen) atoms. The first kappa shape index (κ1) is 21.4. The van der Waals surface area contributed by atoms with Crippen LogP contribution in [0.4, 0.5) is 0 Å². The van der Waals surface area contributed by atoms with Gasteiger partial charge in [-0.05, 0) is 43.9 Å². The Morgan fingerprint density at radius 1 is 1.06 bits per heavy atom. The zero-order chi connectivity index (χ0) is 23.1. The summed E-state index contributed by atoms with van der Waals surface area (Å²) in [7, 11) is 0. The molecule has 168 valence electrons. The zero-order valence-electron chi connectivity index (χ0n) is 19.0. The number of fused-ring (bicyclic) bond motifs is 1. The van der Waals surface area contributed by atoms with Crippen molar-refractivity contribution in [3.8, 4) is 5.13 Å². The van der Waals surface area contributed by atoms with Crippen molar-refractivity contribution in [1.29, 1.82) is 0 Å². The molecule has 1 aliphatic rings. The molecular formula is C26H26N4O2S. The lowest BCUT2D eigenvalue weighted by Crippen LogP contribution is -2.35. The van der Waals surface area contributed by atoms with E-state index in [1.54, 1.807) is 0 Å². The van der Waals surface area contributed by atoms with Crippen molar-refractivity contribution in [3.05, 3.63) is 103 Å². The quantitative estimate of drug-likeness (QED) is 0.495. The van der Waals surface area contributed by atoms with Gasteiger partial charge in [-0.1, -0.05) is 65.4 Å². The lowest BCUT2D eigenvalue weighted by molar-refractivity contribution is 0.0738. The molecule has 0 atom stereocenters. The lowest BCUT2D eigenvalue weighted by atomic mass is 10.00. The number of hydrogen-bond donors (Lipinski definition) is 1. The van der Waals surface area contributed by atoms with E-state index in [-0.39, 0.29) is 11.5 Å². The summed E-state index contributed by atoms with van der Waals surface area (Å²) in [4.78, 5) is 33.5. The van der Waals surface area contributed by atoms with Crippen molar-refractivity contribution in [2.24, 2.45) is 0 Å². The number of carbonyl (C=O) groups is 1. The summed E-state index contributed by atoms with van der Waals surface area (Å²) < 4.78 is 1.47. The van der Waals surface area contributed by atoms with Gasteiger partial charge in [0.1, 0.15) is 4.88 Å². The maximum atomic E-state index is 13.3. The summed E-state index contributed by atoms with van der Waals surface area (Å²) in [5.74, 6) is -0.0260. The minimum absolute atomic E-state index is 0.0260. The van der Waals surface area contributed by atoms with Gasteiger partial charge < -0.3 is 4.90 Å². The van der Waals surface area contributed by atoms with Gasteiger partial charge in [0.05, 0.1) is 5.69 Å². The summed E-state index contributed by atoms with van der Waals surface area (Å²) >= 11 is 1.27. The van der Waals surface area contributed by atoms with Gasteiger partial charge in [0.2, 0.25) is 5.13 Å². The van der Waals surface area contributed by atoms with Crippen LogP contribution in [-0.4, -0.2) is 32.1 Å². The molecule has 5 rings (SSSR count). The highest BCUT2D eigenvalue weighted by molar-refractivity contribution is 7.16. The summed E-state index contributed by atoms with van der Waals surface area (Å²) in [6.07, 6.45) is 1.40. The van der Waals surface area contributed by atoms with E-state index in [4.69, 9.17) is 0 Å². The number of nitrogens with one attached hydrogen (secondary N) is 1. The maximum Gasteiger partial charge on any atom is 0.277 e. The normalized spacial score (nSPS) is 13.2. The maximum absolute atomic E-state index is 13.3. The Morgan fingerprint density at radius 2 is 1.79 bits per heavy atom. The molecule has 0 saturated heterocycles. The number of aryl methyl sites for hydroxylation is 3. The third kappa shape index (κ3) is 4.04. The molecule has 0 fully saturated rings. The highest BCUT2D eigenvalue weighted by Crippen LogP contribution is 2.26. The van der Waals surface area contributed by atoms with E-state index < -0.39 is 0 Å². The van der Waals surface area contributed by atoms with Gasteiger partial charge in [0, 0.05) is 30.8 Å². The number of aromatic amines is 1. The van der Waals surface area contributed by atoms with Crippen LogP contribution < -0.4 is 5.56 Å².